The van der Waals surface area contributed by atoms with Crippen LogP contribution >= 0.6 is 0 Å². The van der Waals surface area contributed by atoms with Crippen molar-refractivity contribution < 1.29 is 4.79 Å². The average Bonchev–Trinajstić information content (AvgIpc) is 2.68. The summed E-state index contributed by atoms with van der Waals surface area (Å²) in [5.74, 6) is 0.583. The molecule has 73 valence electrons. The van der Waals surface area contributed by atoms with Crippen LogP contribution in [-0.2, 0) is 4.79 Å². The molecular weight excluding hydrogens is 174 g/mol. The van der Waals surface area contributed by atoms with Gasteiger partial charge in [0.15, 0.2) is 0 Å². The molecule has 1 atom stereocenters. The summed E-state index contributed by atoms with van der Waals surface area (Å²) in [7, 11) is 0. The number of hydrogen-bond donors (Lipinski definition) is 0. The van der Waals surface area contributed by atoms with E-state index in [-0.39, 0.29) is 5.91 Å². The van der Waals surface area contributed by atoms with E-state index in [2.05, 4.69) is 18.6 Å². The Kier molecular flexibility index (Phi) is 2.53. The van der Waals surface area contributed by atoms with Crippen molar-refractivity contribution in [3.63, 3.8) is 0 Å². The van der Waals surface area contributed by atoms with Crippen LogP contribution in [0.1, 0.15) is 18.4 Å². The number of likely N-dealkylation sites (tertiary alicyclic amines) is 1. The first-order valence-corrected chi connectivity index (χ1v) is 4.91. The molecule has 0 aliphatic carbocycles. The van der Waals surface area contributed by atoms with Gasteiger partial charge in [-0.15, -0.1) is 0 Å². The molecule has 1 aromatic rings. The molecular formula is C12H14NO. The molecule has 2 rings (SSSR count). The molecule has 1 aromatic carbocycles. The van der Waals surface area contributed by atoms with E-state index in [0.717, 1.165) is 13.1 Å². The zero-order chi connectivity index (χ0) is 9.97. The molecule has 0 bridgehead atoms. The van der Waals surface area contributed by atoms with Crippen molar-refractivity contribution in [1.29, 1.82) is 0 Å². The quantitative estimate of drug-likeness (QED) is 0.658. The highest BCUT2D eigenvalue weighted by Gasteiger charge is 2.25. The second-order valence-corrected chi connectivity index (χ2v) is 3.68. The molecule has 2 heteroatoms. The molecule has 1 aliphatic heterocycles. The van der Waals surface area contributed by atoms with Crippen molar-refractivity contribution in [2.75, 3.05) is 13.1 Å². The third-order valence-electron chi connectivity index (χ3n) is 2.70. The number of nitrogens with zero attached hydrogens (tertiary/aromatic N) is 1. The van der Waals surface area contributed by atoms with Gasteiger partial charge in [0.2, 0.25) is 5.91 Å². The SMILES string of the molecule is CC(=O)N1C[CH]C(c2ccccc2)C1. The second-order valence-electron chi connectivity index (χ2n) is 3.68. The Morgan fingerprint density at radius 3 is 2.64 bits per heavy atom. The third kappa shape index (κ3) is 1.79. The fourth-order valence-electron chi connectivity index (χ4n) is 1.84. The highest BCUT2D eigenvalue weighted by molar-refractivity contribution is 5.74. The summed E-state index contributed by atoms with van der Waals surface area (Å²) >= 11 is 0. The van der Waals surface area contributed by atoms with Gasteiger partial charge in [-0.1, -0.05) is 30.3 Å². The van der Waals surface area contributed by atoms with Gasteiger partial charge in [0, 0.05) is 25.9 Å². The average molecular weight is 188 g/mol. The molecule has 1 amide bonds. The highest BCUT2D eigenvalue weighted by atomic mass is 16.2. The fraction of sp³-hybridized carbons (Fsp3) is 0.333. The Labute approximate surface area is 84.5 Å². The third-order valence-corrected chi connectivity index (χ3v) is 2.70. The number of rotatable bonds is 1. The van der Waals surface area contributed by atoms with Crippen LogP contribution in [0.4, 0.5) is 0 Å². The van der Waals surface area contributed by atoms with Gasteiger partial charge in [0.25, 0.3) is 0 Å². The Morgan fingerprint density at radius 1 is 1.36 bits per heavy atom. The van der Waals surface area contributed by atoms with Gasteiger partial charge in [0.1, 0.15) is 0 Å². The Hall–Kier alpha value is -1.31. The Morgan fingerprint density at radius 2 is 2.07 bits per heavy atom. The minimum atomic E-state index is 0.166. The zero-order valence-corrected chi connectivity index (χ0v) is 8.31. The first kappa shape index (κ1) is 9.25. The smallest absolute Gasteiger partial charge is 0.219 e. The van der Waals surface area contributed by atoms with Gasteiger partial charge < -0.3 is 4.90 Å². The van der Waals surface area contributed by atoms with Crippen LogP contribution in [0.2, 0.25) is 0 Å². The lowest BCUT2D eigenvalue weighted by Crippen LogP contribution is -2.25. The monoisotopic (exact) mass is 188 g/mol. The first-order chi connectivity index (χ1) is 6.77. The molecule has 1 aliphatic rings. The van der Waals surface area contributed by atoms with Crippen LogP contribution in [0.15, 0.2) is 30.3 Å². The van der Waals surface area contributed by atoms with Crippen molar-refractivity contribution >= 4 is 5.91 Å². The molecule has 2 nitrogen and oxygen atoms in total. The lowest BCUT2D eigenvalue weighted by molar-refractivity contribution is -0.127. The van der Waals surface area contributed by atoms with E-state index in [1.54, 1.807) is 6.92 Å². The van der Waals surface area contributed by atoms with Crippen LogP contribution in [0.3, 0.4) is 0 Å². The van der Waals surface area contributed by atoms with Crippen molar-refractivity contribution in [2.45, 2.75) is 12.8 Å². The first-order valence-electron chi connectivity index (χ1n) is 4.91. The maximum Gasteiger partial charge on any atom is 0.219 e. The lowest BCUT2D eigenvalue weighted by atomic mass is 9.99. The van der Waals surface area contributed by atoms with Crippen molar-refractivity contribution in [1.82, 2.24) is 4.90 Å². The summed E-state index contributed by atoms with van der Waals surface area (Å²) in [5, 5.41) is 0. The Bertz CT molecular complexity index is 320. The molecule has 1 heterocycles. The van der Waals surface area contributed by atoms with Crippen molar-refractivity contribution in [2.24, 2.45) is 0 Å². The van der Waals surface area contributed by atoms with Crippen LogP contribution in [0.25, 0.3) is 0 Å². The largest absolute Gasteiger partial charge is 0.342 e. The maximum atomic E-state index is 11.1. The fourth-order valence-corrected chi connectivity index (χ4v) is 1.84. The molecule has 1 unspecified atom stereocenters. The van der Waals surface area contributed by atoms with Gasteiger partial charge in [-0.3, -0.25) is 4.79 Å². The molecule has 1 fully saturated rings. The molecule has 0 spiro atoms. The lowest BCUT2D eigenvalue weighted by Gasteiger charge is -2.13. The molecule has 0 aromatic heterocycles. The van der Waals surface area contributed by atoms with Crippen LogP contribution in [0, 0.1) is 6.42 Å². The number of amides is 1. The van der Waals surface area contributed by atoms with E-state index >= 15 is 0 Å². The molecule has 0 saturated carbocycles. The molecule has 14 heavy (non-hydrogen) atoms. The van der Waals surface area contributed by atoms with E-state index in [0.29, 0.717) is 5.92 Å². The van der Waals surface area contributed by atoms with E-state index in [4.69, 9.17) is 0 Å². The maximum absolute atomic E-state index is 11.1. The number of carbonyl (C=O) groups excluding carboxylic acids is 1. The van der Waals surface area contributed by atoms with E-state index in [1.165, 1.54) is 5.56 Å². The molecule has 1 saturated heterocycles. The summed E-state index contributed by atoms with van der Waals surface area (Å²) < 4.78 is 0. The van der Waals surface area contributed by atoms with Crippen LogP contribution < -0.4 is 0 Å². The summed E-state index contributed by atoms with van der Waals surface area (Å²) in [6.45, 7) is 3.25. The number of benzene rings is 1. The van der Waals surface area contributed by atoms with Gasteiger partial charge in [-0.25, -0.2) is 0 Å². The highest BCUT2D eigenvalue weighted by Crippen LogP contribution is 2.25. The standard InChI is InChI=1S/C12H14NO/c1-10(14)13-8-7-12(9-13)11-5-3-2-4-6-11/h2-7,12H,8-9H2,1H3. The van der Waals surface area contributed by atoms with Gasteiger partial charge in [-0.2, -0.15) is 0 Å². The Balaban J connectivity index is 2.06. The van der Waals surface area contributed by atoms with Gasteiger partial charge >= 0.3 is 0 Å². The van der Waals surface area contributed by atoms with E-state index in [9.17, 15) is 4.79 Å². The number of hydrogen-bond acceptors (Lipinski definition) is 1. The van der Waals surface area contributed by atoms with E-state index < -0.39 is 0 Å². The summed E-state index contributed by atoms with van der Waals surface area (Å²) in [4.78, 5) is 13.0. The summed E-state index contributed by atoms with van der Waals surface area (Å²) in [6, 6.07) is 10.3. The predicted molar refractivity (Wildman–Crippen MR) is 55.7 cm³/mol. The topological polar surface area (TPSA) is 20.3 Å². The summed E-state index contributed by atoms with van der Waals surface area (Å²) in [5.41, 5.74) is 1.30. The van der Waals surface area contributed by atoms with Crippen molar-refractivity contribution in [3.8, 4) is 0 Å². The molecule has 0 N–H and O–H groups in total. The minimum absolute atomic E-state index is 0.166. The van der Waals surface area contributed by atoms with E-state index in [1.807, 2.05) is 23.1 Å². The molecule has 1 radical (unpaired) electrons. The summed E-state index contributed by atoms with van der Waals surface area (Å²) in [6.07, 6.45) is 2.21. The zero-order valence-electron chi connectivity index (χ0n) is 8.31. The van der Waals surface area contributed by atoms with Gasteiger partial charge in [0.05, 0.1) is 0 Å². The van der Waals surface area contributed by atoms with Gasteiger partial charge in [-0.05, 0) is 12.0 Å². The minimum Gasteiger partial charge on any atom is -0.342 e. The number of carbonyl (C=O) groups is 1. The van der Waals surface area contributed by atoms with Crippen LogP contribution in [0.5, 0.6) is 0 Å². The van der Waals surface area contributed by atoms with Crippen molar-refractivity contribution in [3.05, 3.63) is 42.3 Å². The second kappa shape index (κ2) is 3.82. The van der Waals surface area contributed by atoms with Crippen LogP contribution in [-0.4, -0.2) is 23.9 Å². The normalized spacial score (nSPS) is 21.2. The predicted octanol–water partition coefficient (Wildman–Crippen LogP) is 1.84.